The van der Waals surface area contributed by atoms with E-state index in [1.165, 1.54) is 18.1 Å². The summed E-state index contributed by atoms with van der Waals surface area (Å²) in [5, 5.41) is 2.54. The van der Waals surface area contributed by atoms with Gasteiger partial charge < -0.3 is 9.15 Å². The van der Waals surface area contributed by atoms with E-state index in [0.717, 1.165) is 10.0 Å². The monoisotopic (exact) mass is 482 g/mol. The van der Waals surface area contributed by atoms with Crippen molar-refractivity contribution in [2.45, 2.75) is 0 Å². The van der Waals surface area contributed by atoms with Gasteiger partial charge in [0.05, 0.1) is 12.8 Å². The van der Waals surface area contributed by atoms with E-state index in [0.29, 0.717) is 23.0 Å². The summed E-state index contributed by atoms with van der Waals surface area (Å²) in [7, 11) is 1.50. The number of hydrogen-bond acceptors (Lipinski definition) is 5. The summed E-state index contributed by atoms with van der Waals surface area (Å²) in [4.78, 5) is 26.9. The van der Waals surface area contributed by atoms with Crippen LogP contribution in [0.1, 0.15) is 5.76 Å². The molecule has 30 heavy (non-hydrogen) atoms. The van der Waals surface area contributed by atoms with Crippen molar-refractivity contribution in [3.05, 3.63) is 76.5 Å². The molecule has 8 heteroatoms. The maximum Gasteiger partial charge on any atom is 0.270 e. The number of ether oxygens (including phenoxy) is 1. The number of benzene rings is 2. The second kappa shape index (κ2) is 8.25. The molecule has 0 spiro atoms. The molecule has 1 saturated heterocycles. The maximum absolute atomic E-state index is 13.1. The van der Waals surface area contributed by atoms with Gasteiger partial charge in [-0.3, -0.25) is 14.9 Å². The number of para-hydroxylation sites is 2. The van der Waals surface area contributed by atoms with E-state index in [1.807, 2.05) is 24.3 Å². The maximum atomic E-state index is 13.1. The number of carbonyl (C=O) groups is 2. The van der Waals surface area contributed by atoms with Gasteiger partial charge in [0.25, 0.3) is 11.8 Å². The zero-order valence-electron chi connectivity index (χ0n) is 15.7. The van der Waals surface area contributed by atoms with Gasteiger partial charge in [0.1, 0.15) is 22.8 Å². The lowest BCUT2D eigenvalue weighted by molar-refractivity contribution is -0.122. The minimum absolute atomic E-state index is 0.0130. The van der Waals surface area contributed by atoms with Crippen LogP contribution in [0.3, 0.4) is 0 Å². The van der Waals surface area contributed by atoms with Gasteiger partial charge in [-0.2, -0.15) is 0 Å². The number of thiocarbonyl (C=S) groups is 1. The first-order chi connectivity index (χ1) is 14.5. The van der Waals surface area contributed by atoms with Gasteiger partial charge >= 0.3 is 0 Å². The minimum atomic E-state index is -0.587. The Bertz CT molecular complexity index is 1200. The Morgan fingerprint density at radius 2 is 1.90 bits per heavy atom. The van der Waals surface area contributed by atoms with Crippen LogP contribution in [0.25, 0.3) is 17.4 Å². The molecule has 6 nitrogen and oxygen atoms in total. The molecule has 1 aromatic heterocycles. The highest BCUT2D eigenvalue weighted by Gasteiger charge is 2.36. The predicted molar refractivity (Wildman–Crippen MR) is 121 cm³/mol. The third-order valence-corrected chi connectivity index (χ3v) is 5.23. The molecule has 1 aliphatic rings. The molecule has 0 atom stereocenters. The van der Waals surface area contributed by atoms with E-state index >= 15 is 0 Å². The van der Waals surface area contributed by atoms with Crippen molar-refractivity contribution < 1.29 is 18.7 Å². The van der Waals surface area contributed by atoms with Crippen LogP contribution in [0, 0.1) is 0 Å². The summed E-state index contributed by atoms with van der Waals surface area (Å²) in [5.74, 6) is 0.295. The molecule has 2 amide bonds. The van der Waals surface area contributed by atoms with Crippen molar-refractivity contribution in [2.75, 3.05) is 12.0 Å². The fourth-order valence-corrected chi connectivity index (χ4v) is 3.73. The van der Waals surface area contributed by atoms with Crippen LogP contribution in [0.15, 0.2) is 75.1 Å². The lowest BCUT2D eigenvalue weighted by atomic mass is 10.1. The number of halogens is 1. The van der Waals surface area contributed by atoms with Crippen LogP contribution in [-0.2, 0) is 9.59 Å². The normalized spacial score (nSPS) is 15.5. The zero-order chi connectivity index (χ0) is 21.3. The molecule has 3 aromatic rings. The van der Waals surface area contributed by atoms with Crippen molar-refractivity contribution >= 4 is 56.8 Å². The quantitative estimate of drug-likeness (QED) is 0.335. The van der Waals surface area contributed by atoms with Crippen LogP contribution in [0.4, 0.5) is 5.69 Å². The van der Waals surface area contributed by atoms with E-state index in [9.17, 15) is 9.59 Å². The van der Waals surface area contributed by atoms with Gasteiger partial charge in [0.2, 0.25) is 0 Å². The van der Waals surface area contributed by atoms with Gasteiger partial charge in [-0.15, -0.1) is 0 Å². The van der Waals surface area contributed by atoms with Gasteiger partial charge in [0, 0.05) is 10.0 Å². The lowest BCUT2D eigenvalue weighted by Crippen LogP contribution is -2.54. The number of carbonyl (C=O) groups excluding carboxylic acids is 2. The van der Waals surface area contributed by atoms with Crippen LogP contribution < -0.4 is 15.0 Å². The van der Waals surface area contributed by atoms with Crippen LogP contribution >= 0.6 is 28.1 Å². The molecule has 0 bridgehead atoms. The highest BCUT2D eigenvalue weighted by molar-refractivity contribution is 9.10. The van der Waals surface area contributed by atoms with Crippen LogP contribution in [0.2, 0.25) is 0 Å². The molecule has 4 rings (SSSR count). The van der Waals surface area contributed by atoms with Crippen LogP contribution in [0.5, 0.6) is 5.75 Å². The Labute approximate surface area is 186 Å². The second-order valence-electron chi connectivity index (χ2n) is 6.34. The molecule has 1 fully saturated rings. The number of rotatable bonds is 4. The third kappa shape index (κ3) is 3.79. The van der Waals surface area contributed by atoms with Gasteiger partial charge in [0.15, 0.2) is 5.11 Å². The Morgan fingerprint density at radius 3 is 2.67 bits per heavy atom. The summed E-state index contributed by atoms with van der Waals surface area (Å²) in [6.07, 6.45) is 1.41. The fraction of sp³-hybridized carbons (Fsp3) is 0.0455. The Balaban J connectivity index is 1.70. The molecule has 150 valence electrons. The molecule has 0 unspecified atom stereocenters. The summed E-state index contributed by atoms with van der Waals surface area (Å²) in [6, 6.07) is 18.0. The average Bonchev–Trinajstić information content (AvgIpc) is 3.20. The summed E-state index contributed by atoms with van der Waals surface area (Å²) in [6.45, 7) is 0. The number of nitrogens with zero attached hydrogens (tertiary/aromatic N) is 1. The SMILES string of the molecule is COc1ccccc1N1C(=O)/C(=C/c2ccc(-c3cccc(Br)c3)o2)C(=O)NC1=S. The molecule has 0 aliphatic carbocycles. The van der Waals surface area contributed by atoms with E-state index in [4.69, 9.17) is 21.4 Å². The van der Waals surface area contributed by atoms with E-state index < -0.39 is 11.8 Å². The van der Waals surface area contributed by atoms with Gasteiger partial charge in [-0.1, -0.05) is 40.2 Å². The first kappa shape index (κ1) is 20.1. The zero-order valence-corrected chi connectivity index (χ0v) is 18.1. The average molecular weight is 483 g/mol. The number of methoxy groups -OCH3 is 1. The molecular weight excluding hydrogens is 468 g/mol. The highest BCUT2D eigenvalue weighted by atomic mass is 79.9. The van der Waals surface area contributed by atoms with E-state index in [-0.39, 0.29) is 10.7 Å². The van der Waals surface area contributed by atoms with Gasteiger partial charge in [-0.25, -0.2) is 4.90 Å². The third-order valence-electron chi connectivity index (χ3n) is 4.45. The minimum Gasteiger partial charge on any atom is -0.495 e. The number of nitrogens with one attached hydrogen (secondary N) is 1. The fourth-order valence-electron chi connectivity index (χ4n) is 3.06. The van der Waals surface area contributed by atoms with Gasteiger partial charge in [-0.05, 0) is 54.7 Å². The predicted octanol–water partition coefficient (Wildman–Crippen LogP) is 4.55. The summed E-state index contributed by atoms with van der Waals surface area (Å²) >= 11 is 8.66. The van der Waals surface area contributed by atoms with Crippen molar-refractivity contribution in [3.63, 3.8) is 0 Å². The summed E-state index contributed by atoms with van der Waals surface area (Å²) < 4.78 is 12.1. The number of furan rings is 1. The van der Waals surface area contributed by atoms with Crippen molar-refractivity contribution in [1.82, 2.24) is 5.32 Å². The molecule has 0 saturated carbocycles. The first-order valence-electron chi connectivity index (χ1n) is 8.88. The number of hydrogen-bond donors (Lipinski definition) is 1. The molecule has 1 N–H and O–H groups in total. The number of anilines is 1. The standard InChI is InChI=1S/C22H15BrN2O4S/c1-28-19-8-3-2-7-17(19)25-21(27)16(20(26)24-22(25)30)12-15-9-10-18(29-15)13-5-4-6-14(23)11-13/h2-12H,1H3,(H,24,26,30)/b16-12+. The Hall–Kier alpha value is -3.23. The summed E-state index contributed by atoms with van der Waals surface area (Å²) in [5.41, 5.74) is 1.21. The molecule has 2 aromatic carbocycles. The Kier molecular flexibility index (Phi) is 5.52. The Morgan fingerprint density at radius 1 is 1.10 bits per heavy atom. The van der Waals surface area contributed by atoms with E-state index in [2.05, 4.69) is 21.2 Å². The second-order valence-corrected chi connectivity index (χ2v) is 7.64. The number of amides is 2. The lowest BCUT2D eigenvalue weighted by Gasteiger charge is -2.29. The van der Waals surface area contributed by atoms with Crippen molar-refractivity contribution in [1.29, 1.82) is 0 Å². The van der Waals surface area contributed by atoms with Crippen molar-refractivity contribution in [3.8, 4) is 17.1 Å². The van der Waals surface area contributed by atoms with Crippen LogP contribution in [-0.4, -0.2) is 24.0 Å². The van der Waals surface area contributed by atoms with Crippen molar-refractivity contribution in [2.24, 2.45) is 0 Å². The first-order valence-corrected chi connectivity index (χ1v) is 10.1. The topological polar surface area (TPSA) is 71.8 Å². The smallest absolute Gasteiger partial charge is 0.270 e. The molecule has 1 aliphatic heterocycles. The van der Waals surface area contributed by atoms with E-state index in [1.54, 1.807) is 36.4 Å². The highest BCUT2D eigenvalue weighted by Crippen LogP contribution is 2.31. The molecule has 2 heterocycles. The molecule has 0 radical (unpaired) electrons. The molecular formula is C22H15BrN2O4S. The largest absolute Gasteiger partial charge is 0.495 e.